The highest BCUT2D eigenvalue weighted by Gasteiger charge is 2.24. The number of hydrogen-bond acceptors (Lipinski definition) is 5. The number of benzene rings is 1. The number of carbonyl (C=O) groups excluding carboxylic acids is 1. The summed E-state index contributed by atoms with van der Waals surface area (Å²) >= 11 is 3.18. The Bertz CT molecular complexity index is 559. The number of hydrogen-bond donors (Lipinski definition) is 2. The van der Waals surface area contributed by atoms with Crippen LogP contribution >= 0.6 is 15.9 Å². The molecule has 1 aromatic rings. The molecular weight excluding hydrogens is 324 g/mol. The third-order valence-corrected chi connectivity index (χ3v) is 4.26. The number of esters is 1. The number of halogens is 1. The van der Waals surface area contributed by atoms with Crippen molar-refractivity contribution in [2.45, 2.75) is 17.9 Å². The van der Waals surface area contributed by atoms with Gasteiger partial charge in [-0.15, -0.1) is 0 Å². The molecule has 0 bridgehead atoms. The predicted octanol–water partition coefficient (Wildman–Crippen LogP) is 0.871. The Morgan fingerprint density at radius 3 is 2.61 bits per heavy atom. The molecule has 1 aromatic carbocycles. The van der Waals surface area contributed by atoms with Crippen molar-refractivity contribution in [3.63, 3.8) is 0 Å². The molecule has 1 atom stereocenters. The third kappa shape index (κ3) is 3.44. The second kappa shape index (κ2) is 5.68. The van der Waals surface area contributed by atoms with E-state index < -0.39 is 22.0 Å². The van der Waals surface area contributed by atoms with Gasteiger partial charge in [-0.2, -0.15) is 4.72 Å². The number of sulfonamides is 1. The van der Waals surface area contributed by atoms with E-state index in [1.807, 2.05) is 0 Å². The Morgan fingerprint density at radius 1 is 1.50 bits per heavy atom. The van der Waals surface area contributed by atoms with Gasteiger partial charge in [0, 0.05) is 4.47 Å². The maximum Gasteiger partial charge on any atom is 0.323 e. The summed E-state index contributed by atoms with van der Waals surface area (Å²) in [5.74, 6) is -0.672. The van der Waals surface area contributed by atoms with E-state index in [9.17, 15) is 13.2 Å². The number of methoxy groups -OCH3 is 1. The molecule has 0 aliphatic rings. The van der Waals surface area contributed by atoms with Crippen molar-refractivity contribution in [2.24, 2.45) is 0 Å². The van der Waals surface area contributed by atoms with Crippen LogP contribution in [0.5, 0.6) is 0 Å². The summed E-state index contributed by atoms with van der Waals surface area (Å²) in [6, 6.07) is 3.39. The maximum atomic E-state index is 12.0. The van der Waals surface area contributed by atoms with Crippen LogP contribution in [0.2, 0.25) is 0 Å². The average Bonchev–Trinajstić information content (AvgIpc) is 2.26. The van der Waals surface area contributed by atoms with Crippen LogP contribution in [-0.4, -0.2) is 27.5 Å². The smallest absolute Gasteiger partial charge is 0.323 e. The van der Waals surface area contributed by atoms with Crippen molar-refractivity contribution in [1.82, 2.24) is 4.72 Å². The molecule has 1 rings (SSSR count). The molecule has 0 aliphatic carbocycles. The fourth-order valence-corrected chi connectivity index (χ4v) is 2.97. The van der Waals surface area contributed by atoms with E-state index in [0.29, 0.717) is 4.47 Å². The molecular formula is C10H13BrN2O4S. The summed E-state index contributed by atoms with van der Waals surface area (Å²) in [6.45, 7) is 1.39. The van der Waals surface area contributed by atoms with Gasteiger partial charge in [-0.25, -0.2) is 8.42 Å². The first-order chi connectivity index (χ1) is 8.27. The second-order valence-electron chi connectivity index (χ2n) is 3.55. The largest absolute Gasteiger partial charge is 0.468 e. The van der Waals surface area contributed by atoms with Crippen molar-refractivity contribution in [3.8, 4) is 0 Å². The zero-order chi connectivity index (χ0) is 13.9. The summed E-state index contributed by atoms with van der Waals surface area (Å²) in [5, 5.41) is 0. The molecule has 0 saturated carbocycles. The Labute approximate surface area is 114 Å². The third-order valence-electron chi connectivity index (χ3n) is 2.15. The minimum Gasteiger partial charge on any atom is -0.468 e. The quantitative estimate of drug-likeness (QED) is 0.628. The topological polar surface area (TPSA) is 98.5 Å². The molecule has 3 N–H and O–H groups in total. The molecule has 0 fully saturated rings. The monoisotopic (exact) mass is 336 g/mol. The number of ether oxygens (including phenoxy) is 1. The van der Waals surface area contributed by atoms with Crippen LogP contribution < -0.4 is 10.5 Å². The van der Waals surface area contributed by atoms with Crippen molar-refractivity contribution >= 4 is 37.6 Å². The van der Waals surface area contributed by atoms with E-state index in [1.165, 1.54) is 26.2 Å². The number of nitrogens with two attached hydrogens (primary N) is 1. The molecule has 100 valence electrons. The fourth-order valence-electron chi connectivity index (χ4n) is 1.29. The van der Waals surface area contributed by atoms with Crippen LogP contribution in [0.1, 0.15) is 6.92 Å². The average molecular weight is 337 g/mol. The predicted molar refractivity (Wildman–Crippen MR) is 70.4 cm³/mol. The molecule has 0 aliphatic heterocycles. The summed E-state index contributed by atoms with van der Waals surface area (Å²) in [6.07, 6.45) is 0. The van der Waals surface area contributed by atoms with Crippen molar-refractivity contribution in [2.75, 3.05) is 12.8 Å². The lowest BCUT2D eigenvalue weighted by Gasteiger charge is -2.13. The minimum absolute atomic E-state index is 0.0820. The van der Waals surface area contributed by atoms with Gasteiger partial charge in [0.05, 0.1) is 12.8 Å². The van der Waals surface area contributed by atoms with Gasteiger partial charge in [-0.3, -0.25) is 4.79 Å². The maximum absolute atomic E-state index is 12.0. The van der Waals surface area contributed by atoms with Crippen LogP contribution in [-0.2, 0) is 19.6 Å². The molecule has 8 heteroatoms. The normalized spacial score (nSPS) is 13.1. The molecule has 0 amide bonds. The first kappa shape index (κ1) is 14.9. The van der Waals surface area contributed by atoms with E-state index in [2.05, 4.69) is 25.4 Å². The molecule has 6 nitrogen and oxygen atoms in total. The summed E-state index contributed by atoms with van der Waals surface area (Å²) in [4.78, 5) is 11.1. The Balaban J connectivity index is 3.04. The SMILES string of the molecule is COC(=O)C(C)NS(=O)(=O)c1ccc(Br)cc1N. The number of anilines is 1. The minimum atomic E-state index is -3.86. The lowest BCUT2D eigenvalue weighted by atomic mass is 10.3. The van der Waals surface area contributed by atoms with Crippen molar-refractivity contribution in [3.05, 3.63) is 22.7 Å². The number of carbonyl (C=O) groups is 1. The van der Waals surface area contributed by atoms with Gasteiger partial charge in [0.1, 0.15) is 10.9 Å². The van der Waals surface area contributed by atoms with Crippen LogP contribution in [0.4, 0.5) is 5.69 Å². The molecule has 18 heavy (non-hydrogen) atoms. The number of nitrogen functional groups attached to an aromatic ring is 1. The fraction of sp³-hybridized carbons (Fsp3) is 0.300. The summed E-state index contributed by atoms with van der Waals surface area (Å²) in [7, 11) is -2.68. The van der Waals surface area contributed by atoms with E-state index in [1.54, 1.807) is 6.07 Å². The van der Waals surface area contributed by atoms with E-state index >= 15 is 0 Å². The Kier molecular flexibility index (Phi) is 4.71. The lowest BCUT2D eigenvalue weighted by molar-refractivity contribution is -0.142. The molecule has 0 saturated heterocycles. The molecule has 0 heterocycles. The molecule has 0 aromatic heterocycles. The van der Waals surface area contributed by atoms with Gasteiger partial charge < -0.3 is 10.5 Å². The number of rotatable bonds is 4. The van der Waals surface area contributed by atoms with Crippen molar-refractivity contribution in [1.29, 1.82) is 0 Å². The lowest BCUT2D eigenvalue weighted by Crippen LogP contribution is -2.39. The van der Waals surface area contributed by atoms with Gasteiger partial charge in [-0.1, -0.05) is 15.9 Å². The van der Waals surface area contributed by atoms with Crippen molar-refractivity contribution < 1.29 is 17.9 Å². The Morgan fingerprint density at radius 2 is 2.11 bits per heavy atom. The van der Waals surface area contributed by atoms with E-state index in [4.69, 9.17) is 5.73 Å². The first-order valence-electron chi connectivity index (χ1n) is 4.93. The second-order valence-corrected chi connectivity index (χ2v) is 6.15. The number of nitrogens with one attached hydrogen (secondary N) is 1. The molecule has 1 unspecified atom stereocenters. The van der Waals surface area contributed by atoms with Crippen LogP contribution in [0.3, 0.4) is 0 Å². The standard InChI is InChI=1S/C10H13BrN2O4S/c1-6(10(14)17-2)13-18(15,16)9-4-3-7(11)5-8(9)12/h3-6,13H,12H2,1-2H3. The van der Waals surface area contributed by atoms with E-state index in [-0.39, 0.29) is 10.6 Å². The van der Waals surface area contributed by atoms with Crippen LogP contribution in [0.25, 0.3) is 0 Å². The van der Waals surface area contributed by atoms with E-state index in [0.717, 1.165) is 0 Å². The van der Waals surface area contributed by atoms with Gasteiger partial charge >= 0.3 is 5.97 Å². The van der Waals surface area contributed by atoms with Gasteiger partial charge in [-0.05, 0) is 25.1 Å². The highest BCUT2D eigenvalue weighted by atomic mass is 79.9. The van der Waals surface area contributed by atoms with Crippen LogP contribution in [0.15, 0.2) is 27.6 Å². The Hall–Kier alpha value is -1.12. The zero-order valence-corrected chi connectivity index (χ0v) is 12.2. The summed E-state index contributed by atoms with van der Waals surface area (Å²) in [5.41, 5.74) is 5.72. The van der Waals surface area contributed by atoms with Gasteiger partial charge in [0.25, 0.3) is 0 Å². The summed E-state index contributed by atoms with van der Waals surface area (Å²) < 4.78 is 31.3. The molecule has 0 radical (unpaired) electrons. The van der Waals surface area contributed by atoms with Crippen LogP contribution in [0, 0.1) is 0 Å². The highest BCUT2D eigenvalue weighted by molar-refractivity contribution is 9.10. The highest BCUT2D eigenvalue weighted by Crippen LogP contribution is 2.22. The van der Waals surface area contributed by atoms with Gasteiger partial charge in [0.15, 0.2) is 0 Å². The zero-order valence-electron chi connectivity index (χ0n) is 9.81. The van der Waals surface area contributed by atoms with Gasteiger partial charge in [0.2, 0.25) is 10.0 Å². The molecule has 0 spiro atoms. The first-order valence-corrected chi connectivity index (χ1v) is 7.20.